The van der Waals surface area contributed by atoms with Gasteiger partial charge in [0.1, 0.15) is 4.90 Å². The summed E-state index contributed by atoms with van der Waals surface area (Å²) >= 11 is 6.22. The summed E-state index contributed by atoms with van der Waals surface area (Å²) < 4.78 is 24.7. The highest BCUT2D eigenvalue weighted by atomic mass is 35.7. The molecule has 0 radical (unpaired) electrons. The van der Waals surface area contributed by atoms with E-state index in [4.69, 9.17) is 22.3 Å². The first-order valence-electron chi connectivity index (χ1n) is 5.62. The molecule has 0 amide bonds. The van der Waals surface area contributed by atoms with Gasteiger partial charge in [-0.15, -0.1) is 0 Å². The van der Waals surface area contributed by atoms with E-state index < -0.39 is 9.05 Å². The van der Waals surface area contributed by atoms with Crippen molar-refractivity contribution in [3.05, 3.63) is 35.6 Å². The van der Waals surface area contributed by atoms with Crippen LogP contribution in [0.1, 0.15) is 0 Å². The van der Waals surface area contributed by atoms with Crippen molar-refractivity contribution in [1.82, 2.24) is 14.8 Å². The third-order valence-electron chi connectivity index (χ3n) is 3.00. The second kappa shape index (κ2) is 4.51. The molecule has 2 heterocycles. The lowest BCUT2D eigenvalue weighted by atomic mass is 10.1. The zero-order chi connectivity index (χ0) is 14.5. The quantitative estimate of drug-likeness (QED) is 0.734. The van der Waals surface area contributed by atoms with Gasteiger partial charge in [-0.1, -0.05) is 11.6 Å². The minimum Gasteiger partial charge on any atom is -0.359 e. The molecule has 5 nitrogen and oxygen atoms in total. The minimum absolute atomic E-state index is 0.0306. The lowest BCUT2D eigenvalue weighted by molar-refractivity contribution is 0.610. The molecule has 20 heavy (non-hydrogen) atoms. The average molecular weight is 330 g/mol. The van der Waals surface area contributed by atoms with Crippen molar-refractivity contribution in [2.24, 2.45) is 7.05 Å². The van der Waals surface area contributed by atoms with Crippen molar-refractivity contribution in [2.75, 3.05) is 0 Å². The SMILES string of the molecule is Cn1ccc(-c2c(Cl)ccc3c(S(=O)(=O)Cl)c[nH]c23)n1. The Morgan fingerprint density at radius 2 is 2.05 bits per heavy atom. The van der Waals surface area contributed by atoms with Crippen LogP contribution >= 0.6 is 22.3 Å². The molecule has 0 aliphatic heterocycles. The molecule has 1 aromatic carbocycles. The maximum atomic E-state index is 11.5. The summed E-state index contributed by atoms with van der Waals surface area (Å²) in [7, 11) is 3.39. The molecule has 3 aromatic rings. The molecule has 0 aliphatic rings. The van der Waals surface area contributed by atoms with Crippen LogP contribution in [0.15, 0.2) is 35.5 Å². The molecular weight excluding hydrogens is 321 g/mol. The Balaban J connectivity index is 2.38. The number of nitrogens with zero attached hydrogens (tertiary/aromatic N) is 2. The third kappa shape index (κ3) is 2.09. The number of nitrogens with one attached hydrogen (secondary N) is 1. The van der Waals surface area contributed by atoms with Crippen LogP contribution in [0.3, 0.4) is 0 Å². The van der Waals surface area contributed by atoms with Crippen LogP contribution in [0.25, 0.3) is 22.2 Å². The lowest BCUT2D eigenvalue weighted by Gasteiger charge is -2.03. The summed E-state index contributed by atoms with van der Waals surface area (Å²) in [4.78, 5) is 2.95. The molecule has 0 bridgehead atoms. The van der Waals surface area contributed by atoms with Gasteiger partial charge in [0.25, 0.3) is 9.05 Å². The molecule has 0 unspecified atom stereocenters. The number of benzene rings is 1. The molecule has 0 atom stereocenters. The predicted molar refractivity (Wildman–Crippen MR) is 78.5 cm³/mol. The smallest absolute Gasteiger partial charge is 0.263 e. The summed E-state index contributed by atoms with van der Waals surface area (Å²) in [6.45, 7) is 0. The van der Waals surface area contributed by atoms with Crippen LogP contribution in [0.5, 0.6) is 0 Å². The Bertz CT molecular complexity index is 912. The molecule has 8 heteroatoms. The Morgan fingerprint density at radius 3 is 2.65 bits per heavy atom. The second-order valence-electron chi connectivity index (χ2n) is 4.31. The van der Waals surface area contributed by atoms with Gasteiger partial charge in [0.15, 0.2) is 0 Å². The van der Waals surface area contributed by atoms with Crippen LogP contribution in [-0.2, 0) is 16.1 Å². The largest absolute Gasteiger partial charge is 0.359 e. The van der Waals surface area contributed by atoms with Crippen molar-refractivity contribution < 1.29 is 8.42 Å². The van der Waals surface area contributed by atoms with E-state index in [1.807, 2.05) is 0 Å². The highest BCUT2D eigenvalue weighted by Gasteiger charge is 2.20. The first-order valence-corrected chi connectivity index (χ1v) is 8.31. The molecule has 0 saturated carbocycles. The normalized spacial score (nSPS) is 12.2. The van der Waals surface area contributed by atoms with Crippen LogP contribution < -0.4 is 0 Å². The summed E-state index contributed by atoms with van der Waals surface area (Å²) in [5.74, 6) is 0. The van der Waals surface area contributed by atoms with Crippen molar-refractivity contribution in [3.8, 4) is 11.3 Å². The van der Waals surface area contributed by atoms with Crippen molar-refractivity contribution in [1.29, 1.82) is 0 Å². The molecule has 0 fully saturated rings. The maximum absolute atomic E-state index is 11.5. The van der Waals surface area contributed by atoms with Gasteiger partial charge in [0, 0.05) is 41.1 Å². The molecule has 3 rings (SSSR count). The fourth-order valence-corrected chi connectivity index (χ4v) is 3.42. The highest BCUT2D eigenvalue weighted by Crippen LogP contribution is 2.36. The molecule has 2 aromatic heterocycles. The number of H-pyrrole nitrogens is 1. The van der Waals surface area contributed by atoms with E-state index in [2.05, 4.69) is 10.1 Å². The molecular formula is C12H9Cl2N3O2S. The summed E-state index contributed by atoms with van der Waals surface area (Å²) in [6.07, 6.45) is 3.14. The molecule has 0 aliphatic carbocycles. The third-order valence-corrected chi connectivity index (χ3v) is 4.68. The van der Waals surface area contributed by atoms with E-state index in [0.29, 0.717) is 27.2 Å². The van der Waals surface area contributed by atoms with Crippen molar-refractivity contribution in [2.45, 2.75) is 4.90 Å². The molecule has 0 saturated heterocycles. The van der Waals surface area contributed by atoms with Gasteiger partial charge in [0.2, 0.25) is 0 Å². The number of aromatic amines is 1. The van der Waals surface area contributed by atoms with E-state index >= 15 is 0 Å². The van der Waals surface area contributed by atoms with Crippen LogP contribution in [0.4, 0.5) is 0 Å². The first kappa shape index (κ1) is 13.5. The Labute approximate surface area is 124 Å². The number of rotatable bonds is 2. The average Bonchev–Trinajstić information content (AvgIpc) is 2.94. The van der Waals surface area contributed by atoms with Gasteiger partial charge < -0.3 is 4.98 Å². The number of aryl methyl sites for hydroxylation is 1. The fourth-order valence-electron chi connectivity index (χ4n) is 2.15. The van der Waals surface area contributed by atoms with E-state index in [9.17, 15) is 8.42 Å². The van der Waals surface area contributed by atoms with Crippen molar-refractivity contribution in [3.63, 3.8) is 0 Å². The number of aromatic nitrogens is 3. The van der Waals surface area contributed by atoms with Gasteiger partial charge >= 0.3 is 0 Å². The first-order chi connectivity index (χ1) is 9.38. The Hall–Kier alpha value is -1.50. The number of fused-ring (bicyclic) bond motifs is 1. The molecule has 104 valence electrons. The maximum Gasteiger partial charge on any atom is 0.263 e. The van der Waals surface area contributed by atoms with Gasteiger partial charge in [0.05, 0.1) is 16.2 Å². The summed E-state index contributed by atoms with van der Waals surface area (Å²) in [6, 6.07) is 5.06. The van der Waals surface area contributed by atoms with E-state index in [-0.39, 0.29) is 4.90 Å². The second-order valence-corrected chi connectivity index (χ2v) is 7.25. The van der Waals surface area contributed by atoms with E-state index in [1.165, 1.54) is 6.20 Å². The fraction of sp³-hybridized carbons (Fsp3) is 0.0833. The number of hydrogen-bond acceptors (Lipinski definition) is 3. The zero-order valence-electron chi connectivity index (χ0n) is 10.3. The Morgan fingerprint density at radius 1 is 1.30 bits per heavy atom. The highest BCUT2D eigenvalue weighted by molar-refractivity contribution is 8.14. The van der Waals surface area contributed by atoms with Gasteiger partial charge in [-0.25, -0.2) is 8.42 Å². The van der Waals surface area contributed by atoms with E-state index in [1.54, 1.807) is 36.1 Å². The Kier molecular flexibility index (Phi) is 3.04. The van der Waals surface area contributed by atoms with Crippen LogP contribution in [0, 0.1) is 0 Å². The number of hydrogen-bond donors (Lipinski definition) is 1. The summed E-state index contributed by atoms with van der Waals surface area (Å²) in [5.41, 5.74) is 1.90. The minimum atomic E-state index is -3.82. The standard InChI is InChI=1S/C12H9Cl2N3O2S/c1-17-5-4-9(16-17)11-8(13)3-2-7-10(20(14,18)19)6-15-12(7)11/h2-6,15H,1H3. The van der Waals surface area contributed by atoms with Gasteiger partial charge in [-0.2, -0.15) is 5.10 Å². The van der Waals surface area contributed by atoms with Crippen LogP contribution in [0.2, 0.25) is 5.02 Å². The molecule has 0 spiro atoms. The topological polar surface area (TPSA) is 67.8 Å². The predicted octanol–water partition coefficient (Wildman–Crippen LogP) is 3.15. The van der Waals surface area contributed by atoms with E-state index in [0.717, 1.165) is 0 Å². The number of halogens is 2. The van der Waals surface area contributed by atoms with Gasteiger partial charge in [-0.05, 0) is 18.2 Å². The summed E-state index contributed by atoms with van der Waals surface area (Å²) in [5, 5.41) is 5.27. The van der Waals surface area contributed by atoms with Gasteiger partial charge in [-0.3, -0.25) is 4.68 Å². The van der Waals surface area contributed by atoms with Crippen molar-refractivity contribution >= 4 is 42.2 Å². The lowest BCUT2D eigenvalue weighted by Crippen LogP contribution is -1.90. The monoisotopic (exact) mass is 329 g/mol. The molecule has 1 N–H and O–H groups in total. The van der Waals surface area contributed by atoms with Crippen LogP contribution in [-0.4, -0.2) is 23.2 Å². The zero-order valence-corrected chi connectivity index (χ0v) is 12.6.